The Morgan fingerprint density at radius 2 is 1.72 bits per heavy atom. The van der Waals surface area contributed by atoms with Crippen molar-refractivity contribution in [1.29, 1.82) is 0 Å². The molecule has 8 heteroatoms. The summed E-state index contributed by atoms with van der Waals surface area (Å²) in [5.74, 6) is 0.564. The van der Waals surface area contributed by atoms with Crippen LogP contribution in [0.1, 0.15) is 16.8 Å². The van der Waals surface area contributed by atoms with E-state index in [1.54, 1.807) is 42.6 Å². The molecule has 0 aliphatic carbocycles. The fourth-order valence-corrected chi connectivity index (χ4v) is 4.12. The average molecular weight is 428 g/mol. The lowest BCUT2D eigenvalue weighted by atomic mass is 10.0. The number of para-hydroxylation sites is 1. The number of nitrogens with zero attached hydrogens (tertiary/aromatic N) is 3. The number of amides is 4. The van der Waals surface area contributed by atoms with Gasteiger partial charge in [-0.15, -0.1) is 0 Å². The van der Waals surface area contributed by atoms with E-state index in [2.05, 4.69) is 10.3 Å². The summed E-state index contributed by atoms with van der Waals surface area (Å²) < 4.78 is 5.78. The van der Waals surface area contributed by atoms with Gasteiger partial charge in [-0.2, -0.15) is 0 Å². The summed E-state index contributed by atoms with van der Waals surface area (Å²) in [7, 11) is 0. The van der Waals surface area contributed by atoms with Crippen LogP contribution < -0.4 is 15.0 Å². The molecule has 0 bridgehead atoms. The summed E-state index contributed by atoms with van der Waals surface area (Å²) in [5.41, 5.74) is 0.818. The Morgan fingerprint density at radius 1 is 0.969 bits per heavy atom. The molecule has 3 aromatic rings. The third-order valence-corrected chi connectivity index (χ3v) is 5.63. The molecule has 2 aromatic carbocycles. The van der Waals surface area contributed by atoms with Gasteiger partial charge in [0.05, 0.1) is 17.3 Å². The molecule has 2 aliphatic heterocycles. The lowest BCUT2D eigenvalue weighted by Crippen LogP contribution is -2.65. The number of anilines is 1. The van der Waals surface area contributed by atoms with Gasteiger partial charge >= 0.3 is 6.03 Å². The monoisotopic (exact) mass is 428 g/mol. The summed E-state index contributed by atoms with van der Waals surface area (Å²) in [4.78, 5) is 45.7. The number of likely N-dealkylation sites (tertiary alicyclic amines) is 1. The SMILES string of the molecule is O=C1NC2CCN(C(=O)c3cccnc3)C2C(=O)N1c1ccc(Oc2ccccc2)cc1. The number of fused-ring (bicyclic) bond motifs is 1. The molecule has 160 valence electrons. The minimum Gasteiger partial charge on any atom is -0.457 e. The summed E-state index contributed by atoms with van der Waals surface area (Å²) in [5, 5.41) is 2.87. The molecule has 2 aliphatic rings. The molecule has 1 aromatic heterocycles. The van der Waals surface area contributed by atoms with E-state index >= 15 is 0 Å². The number of ether oxygens (including phenoxy) is 1. The quantitative estimate of drug-likeness (QED) is 0.689. The van der Waals surface area contributed by atoms with Gasteiger partial charge in [-0.25, -0.2) is 9.69 Å². The Morgan fingerprint density at radius 3 is 2.44 bits per heavy atom. The van der Waals surface area contributed by atoms with Crippen LogP contribution in [0, 0.1) is 0 Å². The molecule has 2 fully saturated rings. The Bertz CT molecular complexity index is 1150. The molecule has 0 spiro atoms. The van der Waals surface area contributed by atoms with Crippen molar-refractivity contribution in [2.45, 2.75) is 18.5 Å². The van der Waals surface area contributed by atoms with E-state index in [1.165, 1.54) is 11.1 Å². The molecule has 5 rings (SSSR count). The van der Waals surface area contributed by atoms with E-state index in [9.17, 15) is 14.4 Å². The van der Waals surface area contributed by atoms with Crippen molar-refractivity contribution < 1.29 is 19.1 Å². The number of aromatic nitrogens is 1. The number of urea groups is 1. The van der Waals surface area contributed by atoms with E-state index in [0.717, 1.165) is 4.90 Å². The van der Waals surface area contributed by atoms with Gasteiger partial charge in [-0.3, -0.25) is 14.6 Å². The zero-order valence-electron chi connectivity index (χ0n) is 17.0. The average Bonchev–Trinajstić information content (AvgIpc) is 3.25. The highest BCUT2D eigenvalue weighted by atomic mass is 16.5. The number of benzene rings is 2. The Labute approximate surface area is 184 Å². The molecule has 8 nitrogen and oxygen atoms in total. The largest absolute Gasteiger partial charge is 0.457 e. The predicted octanol–water partition coefficient (Wildman–Crippen LogP) is 3.21. The number of imide groups is 1. The van der Waals surface area contributed by atoms with Gasteiger partial charge in [0.2, 0.25) is 0 Å². The number of hydrogen-bond acceptors (Lipinski definition) is 5. The van der Waals surface area contributed by atoms with Gasteiger partial charge in [-0.05, 0) is 55.0 Å². The third kappa shape index (κ3) is 3.56. The lowest BCUT2D eigenvalue weighted by Gasteiger charge is -2.36. The zero-order chi connectivity index (χ0) is 22.1. The van der Waals surface area contributed by atoms with Crippen molar-refractivity contribution in [3.8, 4) is 11.5 Å². The van der Waals surface area contributed by atoms with E-state index in [1.807, 2.05) is 30.3 Å². The van der Waals surface area contributed by atoms with Gasteiger partial charge < -0.3 is 15.0 Å². The van der Waals surface area contributed by atoms with Crippen molar-refractivity contribution in [1.82, 2.24) is 15.2 Å². The predicted molar refractivity (Wildman–Crippen MR) is 116 cm³/mol. The maximum absolute atomic E-state index is 13.4. The fraction of sp³-hybridized carbons (Fsp3) is 0.167. The van der Waals surface area contributed by atoms with Crippen LogP contribution in [0.4, 0.5) is 10.5 Å². The highest BCUT2D eigenvalue weighted by molar-refractivity contribution is 6.19. The number of pyridine rings is 1. The van der Waals surface area contributed by atoms with E-state index in [4.69, 9.17) is 4.74 Å². The molecule has 3 heterocycles. The van der Waals surface area contributed by atoms with Crippen LogP contribution in [0.2, 0.25) is 0 Å². The van der Waals surface area contributed by atoms with Crippen molar-refractivity contribution >= 4 is 23.5 Å². The maximum Gasteiger partial charge on any atom is 0.329 e. The summed E-state index contributed by atoms with van der Waals surface area (Å²) in [6.45, 7) is 0.382. The highest BCUT2D eigenvalue weighted by Crippen LogP contribution is 2.30. The molecule has 2 unspecified atom stereocenters. The molecule has 0 saturated carbocycles. The minimum absolute atomic E-state index is 0.276. The lowest BCUT2D eigenvalue weighted by molar-refractivity contribution is -0.122. The summed E-state index contributed by atoms with van der Waals surface area (Å²) in [6, 6.07) is 17.7. The van der Waals surface area contributed by atoms with E-state index in [-0.39, 0.29) is 5.91 Å². The molecule has 2 saturated heterocycles. The van der Waals surface area contributed by atoms with Gasteiger partial charge in [0.25, 0.3) is 11.8 Å². The Balaban J connectivity index is 1.37. The second-order valence-corrected chi connectivity index (χ2v) is 7.61. The zero-order valence-corrected chi connectivity index (χ0v) is 17.0. The van der Waals surface area contributed by atoms with Crippen LogP contribution in [0.5, 0.6) is 11.5 Å². The van der Waals surface area contributed by atoms with Crippen LogP contribution in [0.3, 0.4) is 0 Å². The second kappa shape index (κ2) is 8.14. The van der Waals surface area contributed by atoms with Crippen molar-refractivity contribution in [2.24, 2.45) is 0 Å². The van der Waals surface area contributed by atoms with Gasteiger partial charge in [0.1, 0.15) is 17.5 Å². The van der Waals surface area contributed by atoms with E-state index in [0.29, 0.717) is 35.7 Å². The molecular weight excluding hydrogens is 408 g/mol. The normalized spacial score (nSPS) is 20.0. The number of rotatable bonds is 4. The third-order valence-electron chi connectivity index (χ3n) is 5.63. The maximum atomic E-state index is 13.4. The van der Waals surface area contributed by atoms with Gasteiger partial charge in [0.15, 0.2) is 0 Å². The van der Waals surface area contributed by atoms with Crippen LogP contribution in [0.15, 0.2) is 79.1 Å². The first-order valence-electron chi connectivity index (χ1n) is 10.3. The van der Waals surface area contributed by atoms with Crippen molar-refractivity contribution in [2.75, 3.05) is 11.4 Å². The molecule has 4 amide bonds. The van der Waals surface area contributed by atoms with E-state index < -0.39 is 24.0 Å². The van der Waals surface area contributed by atoms with Gasteiger partial charge in [0, 0.05) is 18.9 Å². The fourth-order valence-electron chi connectivity index (χ4n) is 4.12. The summed E-state index contributed by atoms with van der Waals surface area (Å²) >= 11 is 0. The first-order chi connectivity index (χ1) is 15.6. The minimum atomic E-state index is -0.763. The molecular formula is C24H20N4O4. The van der Waals surface area contributed by atoms with Crippen molar-refractivity contribution in [3.63, 3.8) is 0 Å². The molecule has 0 radical (unpaired) electrons. The van der Waals surface area contributed by atoms with Crippen LogP contribution in [-0.2, 0) is 4.79 Å². The van der Waals surface area contributed by atoms with Crippen LogP contribution >= 0.6 is 0 Å². The summed E-state index contributed by atoms with van der Waals surface area (Å²) in [6.07, 6.45) is 3.58. The number of nitrogens with one attached hydrogen (secondary N) is 1. The molecule has 1 N–H and O–H groups in total. The number of carbonyl (C=O) groups is 3. The topological polar surface area (TPSA) is 91.8 Å². The van der Waals surface area contributed by atoms with Gasteiger partial charge in [-0.1, -0.05) is 18.2 Å². The first-order valence-corrected chi connectivity index (χ1v) is 10.3. The Hall–Kier alpha value is -4.20. The van der Waals surface area contributed by atoms with Crippen LogP contribution in [-0.4, -0.2) is 46.4 Å². The highest BCUT2D eigenvalue weighted by Gasteiger charge is 2.50. The van der Waals surface area contributed by atoms with Crippen LogP contribution in [0.25, 0.3) is 0 Å². The standard InChI is InChI=1S/C24H20N4O4/c29-22(16-5-4-13-25-15-16)27-14-12-20-21(27)23(30)28(24(31)26-20)17-8-10-19(11-9-17)32-18-6-2-1-3-7-18/h1-11,13,15,20-21H,12,14H2,(H,26,31). The number of carbonyl (C=O) groups excluding carboxylic acids is 3. The molecule has 32 heavy (non-hydrogen) atoms. The second-order valence-electron chi connectivity index (χ2n) is 7.61. The molecule has 2 atom stereocenters. The Kier molecular flexibility index (Phi) is 5.03. The smallest absolute Gasteiger partial charge is 0.329 e. The van der Waals surface area contributed by atoms with Crippen molar-refractivity contribution in [3.05, 3.63) is 84.7 Å². The number of hydrogen-bond donors (Lipinski definition) is 1. The first kappa shape index (κ1) is 19.7.